The van der Waals surface area contributed by atoms with Crippen LogP contribution in [0.3, 0.4) is 0 Å². The van der Waals surface area contributed by atoms with E-state index >= 15 is 0 Å². The Morgan fingerprint density at radius 3 is 0.857 bits per heavy atom. The fraction of sp³-hybridized carbons (Fsp3) is 0.385. The van der Waals surface area contributed by atoms with E-state index in [1.165, 1.54) is 33.4 Å². The summed E-state index contributed by atoms with van der Waals surface area (Å²) < 4.78 is 18.9. The van der Waals surface area contributed by atoms with Gasteiger partial charge in [-0.3, -0.25) is 0 Å². The maximum Gasteiger partial charge on any atom is 0.133 e. The lowest BCUT2D eigenvalue weighted by atomic mass is 9.85. The lowest BCUT2D eigenvalue weighted by Crippen LogP contribution is -2.11. The molecule has 4 rings (SSSR count). The van der Waals surface area contributed by atoms with Crippen molar-refractivity contribution in [3.63, 3.8) is 0 Å². The summed E-state index contributed by atoms with van der Waals surface area (Å²) in [5, 5.41) is 0. The van der Waals surface area contributed by atoms with Crippen LogP contribution in [0.5, 0.6) is 17.2 Å². The van der Waals surface area contributed by atoms with Crippen LogP contribution in [0, 0.1) is 0 Å². The molecule has 3 heteroatoms. The van der Waals surface area contributed by atoms with Gasteiger partial charge in [0.25, 0.3) is 0 Å². The Kier molecular flexibility index (Phi) is 10.4. The van der Waals surface area contributed by atoms with E-state index in [1.54, 1.807) is 21.3 Å². The SMILES string of the molecule is COc1c(Cc2ccccc2C(C)C)c(OC)c(Cc2ccccc2C(C)C)c(OC)c1Cc1ccccc1C(C)C. The average Bonchev–Trinajstić information content (AvgIpc) is 2.98. The van der Waals surface area contributed by atoms with E-state index in [4.69, 9.17) is 14.2 Å². The number of methoxy groups -OCH3 is 3. The highest BCUT2D eigenvalue weighted by Crippen LogP contribution is 2.47. The molecule has 0 radical (unpaired) electrons. The topological polar surface area (TPSA) is 27.7 Å². The van der Waals surface area contributed by atoms with Crippen molar-refractivity contribution in [2.75, 3.05) is 21.3 Å². The van der Waals surface area contributed by atoms with E-state index in [0.29, 0.717) is 37.0 Å². The van der Waals surface area contributed by atoms with Gasteiger partial charge in [-0.15, -0.1) is 0 Å². The Hall–Kier alpha value is -3.72. The van der Waals surface area contributed by atoms with Gasteiger partial charge in [-0.2, -0.15) is 0 Å². The fourth-order valence-electron chi connectivity index (χ4n) is 6.42. The molecule has 0 atom stereocenters. The monoisotopic (exact) mass is 564 g/mol. The van der Waals surface area contributed by atoms with Gasteiger partial charge in [0.1, 0.15) is 17.2 Å². The van der Waals surface area contributed by atoms with E-state index in [0.717, 1.165) is 33.9 Å². The molecule has 0 aliphatic heterocycles. The summed E-state index contributed by atoms with van der Waals surface area (Å²) >= 11 is 0. The first-order valence-electron chi connectivity index (χ1n) is 15.3. The van der Waals surface area contributed by atoms with Crippen molar-refractivity contribution in [1.29, 1.82) is 0 Å². The van der Waals surface area contributed by atoms with Crippen LogP contribution < -0.4 is 14.2 Å². The average molecular weight is 565 g/mol. The van der Waals surface area contributed by atoms with E-state index in [2.05, 4.69) is 114 Å². The first-order chi connectivity index (χ1) is 20.2. The van der Waals surface area contributed by atoms with Crippen LogP contribution in [0.4, 0.5) is 0 Å². The first kappa shape index (κ1) is 31.2. The van der Waals surface area contributed by atoms with Gasteiger partial charge in [-0.25, -0.2) is 0 Å². The molecule has 0 aromatic heterocycles. The Bertz CT molecular complexity index is 1300. The second-order valence-corrected chi connectivity index (χ2v) is 12.1. The van der Waals surface area contributed by atoms with Gasteiger partial charge < -0.3 is 14.2 Å². The predicted molar refractivity (Wildman–Crippen MR) is 176 cm³/mol. The van der Waals surface area contributed by atoms with E-state index < -0.39 is 0 Å². The van der Waals surface area contributed by atoms with Crippen LogP contribution in [0.15, 0.2) is 72.8 Å². The van der Waals surface area contributed by atoms with Crippen molar-refractivity contribution in [3.8, 4) is 17.2 Å². The summed E-state index contributed by atoms with van der Waals surface area (Å²) in [4.78, 5) is 0. The third-order valence-corrected chi connectivity index (χ3v) is 8.39. The molecule has 0 N–H and O–H groups in total. The maximum absolute atomic E-state index is 6.31. The van der Waals surface area contributed by atoms with Crippen molar-refractivity contribution < 1.29 is 14.2 Å². The maximum atomic E-state index is 6.31. The molecule has 0 aliphatic carbocycles. The van der Waals surface area contributed by atoms with Crippen molar-refractivity contribution in [3.05, 3.63) is 123 Å². The van der Waals surface area contributed by atoms with Crippen molar-refractivity contribution >= 4 is 0 Å². The molecule has 42 heavy (non-hydrogen) atoms. The van der Waals surface area contributed by atoms with Crippen LogP contribution >= 0.6 is 0 Å². The zero-order chi connectivity index (χ0) is 30.4. The molecule has 3 nitrogen and oxygen atoms in total. The normalized spacial score (nSPS) is 11.4. The molecule has 4 aromatic rings. The molecule has 0 spiro atoms. The highest BCUT2D eigenvalue weighted by atomic mass is 16.5. The molecule has 0 amide bonds. The summed E-state index contributed by atoms with van der Waals surface area (Å²) in [5.41, 5.74) is 11.1. The van der Waals surface area contributed by atoms with Crippen LogP contribution in [-0.4, -0.2) is 21.3 Å². The zero-order valence-electron chi connectivity index (χ0n) is 27.0. The van der Waals surface area contributed by atoms with Crippen LogP contribution in [0.25, 0.3) is 0 Å². The highest BCUT2D eigenvalue weighted by molar-refractivity contribution is 5.66. The first-order valence-corrected chi connectivity index (χ1v) is 15.3. The van der Waals surface area contributed by atoms with Gasteiger partial charge in [0.05, 0.1) is 21.3 Å². The molecular weight excluding hydrogens is 516 g/mol. The molecule has 0 bridgehead atoms. The van der Waals surface area contributed by atoms with Gasteiger partial charge in [-0.1, -0.05) is 114 Å². The summed E-state index contributed by atoms with van der Waals surface area (Å²) in [6.07, 6.45) is 2.13. The molecule has 0 aliphatic rings. The third-order valence-electron chi connectivity index (χ3n) is 8.39. The van der Waals surface area contributed by atoms with Crippen molar-refractivity contribution in [2.45, 2.75) is 78.6 Å². The number of rotatable bonds is 12. The number of ether oxygens (including phenoxy) is 3. The van der Waals surface area contributed by atoms with E-state index in [9.17, 15) is 0 Å². The standard InChI is InChI=1S/C39H48O3/c1-25(2)31-19-13-10-16-28(31)22-34-37(40-7)35(23-29-17-11-14-20-32(29)26(3)4)39(42-9)36(38(34)41-8)24-30-18-12-15-21-33(30)27(5)6/h10-21,25-27H,22-24H2,1-9H3. The molecule has 0 heterocycles. The number of hydrogen-bond donors (Lipinski definition) is 0. The predicted octanol–water partition coefficient (Wildman–Crippen LogP) is 9.85. The van der Waals surface area contributed by atoms with Gasteiger partial charge in [0.15, 0.2) is 0 Å². The third kappa shape index (κ3) is 6.51. The van der Waals surface area contributed by atoms with Gasteiger partial charge in [-0.05, 0) is 51.1 Å². The Labute approximate surface area is 253 Å². The van der Waals surface area contributed by atoms with E-state index in [-0.39, 0.29) is 0 Å². The minimum atomic E-state index is 0.409. The number of hydrogen-bond acceptors (Lipinski definition) is 3. The quantitative estimate of drug-likeness (QED) is 0.171. The second-order valence-electron chi connectivity index (χ2n) is 12.1. The van der Waals surface area contributed by atoms with E-state index in [1.807, 2.05) is 0 Å². The Morgan fingerprint density at radius 1 is 0.405 bits per heavy atom. The number of benzene rings is 4. The van der Waals surface area contributed by atoms with Gasteiger partial charge in [0.2, 0.25) is 0 Å². The zero-order valence-corrected chi connectivity index (χ0v) is 27.0. The fourth-order valence-corrected chi connectivity index (χ4v) is 6.42. The molecule has 0 saturated heterocycles. The van der Waals surface area contributed by atoms with Gasteiger partial charge >= 0.3 is 0 Å². The molecule has 0 unspecified atom stereocenters. The summed E-state index contributed by atoms with van der Waals surface area (Å²) in [7, 11) is 5.33. The lowest BCUT2D eigenvalue weighted by molar-refractivity contribution is 0.359. The smallest absolute Gasteiger partial charge is 0.133 e. The molecule has 0 fully saturated rings. The second kappa shape index (κ2) is 14.0. The molecule has 0 saturated carbocycles. The van der Waals surface area contributed by atoms with Crippen molar-refractivity contribution in [2.24, 2.45) is 0 Å². The van der Waals surface area contributed by atoms with Crippen LogP contribution in [0.2, 0.25) is 0 Å². The largest absolute Gasteiger partial charge is 0.496 e. The van der Waals surface area contributed by atoms with Gasteiger partial charge in [0, 0.05) is 36.0 Å². The van der Waals surface area contributed by atoms with Crippen LogP contribution in [-0.2, 0) is 19.3 Å². The summed E-state index contributed by atoms with van der Waals surface area (Å²) in [6.45, 7) is 13.5. The Balaban J connectivity index is 2.04. The summed E-state index contributed by atoms with van der Waals surface area (Å²) in [5.74, 6) is 3.77. The molecular formula is C39H48O3. The minimum Gasteiger partial charge on any atom is -0.496 e. The minimum absolute atomic E-state index is 0.409. The van der Waals surface area contributed by atoms with Crippen molar-refractivity contribution in [1.82, 2.24) is 0 Å². The summed E-state index contributed by atoms with van der Waals surface area (Å²) in [6, 6.07) is 26.2. The Morgan fingerprint density at radius 2 is 0.643 bits per heavy atom. The molecule has 222 valence electrons. The molecule has 4 aromatic carbocycles. The van der Waals surface area contributed by atoms with Crippen LogP contribution in [0.1, 0.15) is 109 Å². The highest BCUT2D eigenvalue weighted by Gasteiger charge is 2.28. The lowest BCUT2D eigenvalue weighted by Gasteiger charge is -2.26.